The third-order valence-electron chi connectivity index (χ3n) is 2.25. The second-order valence-corrected chi connectivity index (χ2v) is 6.83. The lowest BCUT2D eigenvalue weighted by Gasteiger charge is -2.06. The average molecular weight is 326 g/mol. The largest absolute Gasteiger partial charge is 0.342 e. The van der Waals surface area contributed by atoms with Crippen molar-refractivity contribution in [1.29, 1.82) is 0 Å². The van der Waals surface area contributed by atoms with Crippen LogP contribution in [0.25, 0.3) is 0 Å². The van der Waals surface area contributed by atoms with Crippen molar-refractivity contribution in [2.45, 2.75) is 13.3 Å². The topological polar surface area (TPSA) is 24.4 Å². The van der Waals surface area contributed by atoms with Crippen LogP contribution in [-0.2, 0) is 6.42 Å². The van der Waals surface area contributed by atoms with Gasteiger partial charge in [-0.15, -0.1) is 0 Å². The van der Waals surface area contributed by atoms with Gasteiger partial charge in [-0.25, -0.2) is 0 Å². The van der Waals surface area contributed by atoms with E-state index >= 15 is 0 Å². The van der Waals surface area contributed by atoms with E-state index in [1.807, 2.05) is 12.3 Å². The summed E-state index contributed by atoms with van der Waals surface area (Å²) in [5.74, 6) is 0. The molecule has 1 aliphatic heterocycles. The molecular weight excluding hydrogens is 311 g/mol. The van der Waals surface area contributed by atoms with Gasteiger partial charge in [-0.2, -0.15) is 0 Å². The van der Waals surface area contributed by atoms with E-state index < -0.39 is 0 Å². The molecule has 0 spiro atoms. The van der Waals surface area contributed by atoms with Crippen molar-refractivity contribution in [2.75, 3.05) is 6.54 Å². The zero-order valence-electron chi connectivity index (χ0n) is 9.28. The number of amidine groups is 1. The molecule has 0 saturated heterocycles. The van der Waals surface area contributed by atoms with Crippen molar-refractivity contribution in [3.63, 3.8) is 0 Å². The van der Waals surface area contributed by atoms with E-state index in [1.54, 1.807) is 0 Å². The Labute approximate surface area is 106 Å². The fourth-order valence-corrected chi connectivity index (χ4v) is 3.34. The number of halogens is 1. The lowest BCUT2D eigenvalue weighted by Crippen LogP contribution is -2.15. The third kappa shape index (κ3) is 3.56. The first-order chi connectivity index (χ1) is 7.84. The van der Waals surface area contributed by atoms with Crippen molar-refractivity contribution in [2.24, 2.45) is 4.99 Å². The van der Waals surface area contributed by atoms with Crippen LogP contribution in [0.15, 0.2) is 47.6 Å². The van der Waals surface area contributed by atoms with E-state index in [1.165, 1.54) is 12.9 Å². The summed E-state index contributed by atoms with van der Waals surface area (Å²) in [7, 11) is 0. The summed E-state index contributed by atoms with van der Waals surface area (Å²) in [6, 6.07) is 10.5. The zero-order valence-corrected chi connectivity index (χ0v) is 11.4. The summed E-state index contributed by atoms with van der Waals surface area (Å²) in [5.41, 5.74) is 1.36. The fourth-order valence-electron chi connectivity index (χ4n) is 1.43. The molecule has 84 valence electrons. The molecule has 0 unspecified atom stereocenters. The molecule has 0 bridgehead atoms. The maximum Gasteiger partial charge on any atom is 0.158 e. The lowest BCUT2D eigenvalue weighted by atomic mass is 10.2. The monoisotopic (exact) mass is 326 g/mol. The third-order valence-corrected chi connectivity index (χ3v) is 4.62. The van der Waals surface area contributed by atoms with Gasteiger partial charge in [-0.3, -0.25) is 4.99 Å². The molecular formula is C13H15IN2. The van der Waals surface area contributed by atoms with Gasteiger partial charge in [0, 0.05) is 12.7 Å². The molecule has 1 aromatic rings. The van der Waals surface area contributed by atoms with Crippen LogP contribution in [0.5, 0.6) is 0 Å². The van der Waals surface area contributed by atoms with Crippen molar-refractivity contribution in [3.8, 4) is 0 Å². The molecule has 0 saturated carbocycles. The number of nitrogens with zero attached hydrogens (tertiary/aromatic N) is 1. The van der Waals surface area contributed by atoms with E-state index in [-0.39, 0.29) is 20.7 Å². The summed E-state index contributed by atoms with van der Waals surface area (Å²) in [5, 5.41) is 3.23. The number of nitrogens with one attached hydrogen (secondary N) is 1. The van der Waals surface area contributed by atoms with Crippen LogP contribution in [-0.4, -0.2) is 13.9 Å². The Balaban J connectivity index is 1.88. The number of benzene rings is 1. The van der Waals surface area contributed by atoms with Crippen molar-refractivity contribution in [1.82, 2.24) is 5.32 Å². The summed E-state index contributed by atoms with van der Waals surface area (Å²) in [4.78, 5) is 4.61. The zero-order chi connectivity index (χ0) is 11.2. The van der Waals surface area contributed by atoms with Crippen LogP contribution in [0.2, 0.25) is 0 Å². The SMILES string of the molecule is CC1=IC(=NCCc2ccccc2)NC=C1. The van der Waals surface area contributed by atoms with Gasteiger partial charge in [0.25, 0.3) is 0 Å². The molecule has 2 nitrogen and oxygen atoms in total. The average Bonchev–Trinajstić information content (AvgIpc) is 2.30. The highest BCUT2D eigenvalue weighted by Crippen LogP contribution is 2.08. The quantitative estimate of drug-likeness (QED) is 0.670. The number of hydrogen-bond donors (Lipinski definition) is 1. The molecule has 1 N–H and O–H groups in total. The molecule has 0 radical (unpaired) electrons. The van der Waals surface area contributed by atoms with Crippen LogP contribution < -0.4 is 5.32 Å². The van der Waals surface area contributed by atoms with Gasteiger partial charge in [-0.05, 0) is 49.2 Å². The predicted octanol–water partition coefficient (Wildman–Crippen LogP) is 2.87. The minimum Gasteiger partial charge on any atom is -0.342 e. The predicted molar refractivity (Wildman–Crippen MR) is 79.4 cm³/mol. The molecule has 0 aliphatic carbocycles. The molecule has 2 rings (SSSR count). The molecule has 16 heavy (non-hydrogen) atoms. The maximum absolute atomic E-state index is 4.61. The number of hydrogen-bond acceptors (Lipinski definition) is 1. The molecule has 1 aromatic carbocycles. The van der Waals surface area contributed by atoms with E-state index in [0.29, 0.717) is 0 Å². The summed E-state index contributed by atoms with van der Waals surface area (Å²) in [6.45, 7) is 3.06. The van der Waals surface area contributed by atoms with Gasteiger partial charge in [0.15, 0.2) is 3.84 Å². The highest BCUT2D eigenvalue weighted by Gasteiger charge is 1.98. The summed E-state index contributed by atoms with van der Waals surface area (Å²) >= 11 is -0.0278. The van der Waals surface area contributed by atoms with Crippen molar-refractivity contribution >= 4 is 28.1 Å². The maximum atomic E-state index is 4.61. The molecule has 3 heteroatoms. The number of rotatable bonds is 3. The second-order valence-electron chi connectivity index (χ2n) is 3.57. The fraction of sp³-hybridized carbons (Fsp3) is 0.231. The van der Waals surface area contributed by atoms with E-state index in [4.69, 9.17) is 0 Å². The van der Waals surface area contributed by atoms with Gasteiger partial charge in [0.05, 0.1) is 0 Å². The molecule has 1 heterocycles. The molecule has 0 atom stereocenters. The minimum absolute atomic E-state index is 0.0278. The van der Waals surface area contributed by atoms with Crippen molar-refractivity contribution in [3.05, 3.63) is 48.2 Å². The Morgan fingerprint density at radius 1 is 1.25 bits per heavy atom. The highest BCUT2D eigenvalue weighted by molar-refractivity contribution is 14.2. The van der Waals surface area contributed by atoms with Gasteiger partial charge in [-0.1, -0.05) is 30.3 Å². The Hall–Kier alpha value is -0.970. The normalized spacial score (nSPS) is 17.6. The van der Waals surface area contributed by atoms with Gasteiger partial charge >= 0.3 is 0 Å². The Morgan fingerprint density at radius 3 is 2.81 bits per heavy atom. The Kier molecular flexibility index (Phi) is 4.27. The first-order valence-electron chi connectivity index (χ1n) is 5.34. The second kappa shape index (κ2) is 5.94. The molecule has 0 aromatic heterocycles. The van der Waals surface area contributed by atoms with E-state index in [2.05, 4.69) is 47.6 Å². The van der Waals surface area contributed by atoms with Gasteiger partial charge < -0.3 is 5.32 Å². The smallest absolute Gasteiger partial charge is 0.158 e. The van der Waals surface area contributed by atoms with Crippen LogP contribution in [0.3, 0.4) is 0 Å². The first kappa shape index (κ1) is 11.5. The first-order valence-corrected chi connectivity index (χ1v) is 7.50. The van der Waals surface area contributed by atoms with Gasteiger partial charge in [0.1, 0.15) is 0 Å². The van der Waals surface area contributed by atoms with Crippen LogP contribution >= 0.6 is 20.7 Å². The number of allylic oxidation sites excluding steroid dienone is 1. The van der Waals surface area contributed by atoms with E-state index in [9.17, 15) is 0 Å². The molecule has 0 fully saturated rings. The minimum atomic E-state index is -0.0278. The highest BCUT2D eigenvalue weighted by atomic mass is 127. The molecule has 1 aliphatic rings. The Morgan fingerprint density at radius 2 is 2.06 bits per heavy atom. The van der Waals surface area contributed by atoms with Crippen molar-refractivity contribution < 1.29 is 0 Å². The summed E-state index contributed by atoms with van der Waals surface area (Å²) in [6.07, 6.45) is 5.15. The Bertz CT molecular complexity index is 433. The standard InChI is InChI=1S/C13H15IN2/c1-11-7-9-15-13(14-11)16-10-8-12-5-3-2-4-6-12/h2-7,9H,8,10H2,1H3,(H,15,16). The van der Waals surface area contributed by atoms with Crippen LogP contribution in [0.1, 0.15) is 12.5 Å². The summed E-state index contributed by atoms with van der Waals surface area (Å²) < 4.78 is 2.66. The van der Waals surface area contributed by atoms with Crippen LogP contribution in [0.4, 0.5) is 0 Å². The van der Waals surface area contributed by atoms with Crippen LogP contribution in [0, 0.1) is 0 Å². The lowest BCUT2D eigenvalue weighted by molar-refractivity contribution is 0.965. The van der Waals surface area contributed by atoms with Gasteiger partial charge in [0.2, 0.25) is 0 Å². The number of aliphatic imine (C=N–C) groups is 1. The van der Waals surface area contributed by atoms with E-state index in [0.717, 1.165) is 13.0 Å². The molecule has 0 amide bonds.